The van der Waals surface area contributed by atoms with Gasteiger partial charge in [-0.25, -0.2) is 13.2 Å². The van der Waals surface area contributed by atoms with Gasteiger partial charge in [0.2, 0.25) is 0 Å². The fourth-order valence-corrected chi connectivity index (χ4v) is 5.59. The van der Waals surface area contributed by atoms with Crippen molar-refractivity contribution in [2.45, 2.75) is 38.0 Å². The van der Waals surface area contributed by atoms with E-state index in [9.17, 15) is 18.0 Å². The van der Waals surface area contributed by atoms with Crippen LogP contribution in [0.2, 0.25) is 0 Å². The van der Waals surface area contributed by atoms with Crippen LogP contribution in [0.4, 0.5) is 5.00 Å². The summed E-state index contributed by atoms with van der Waals surface area (Å²) in [5, 5.41) is 3.30. The number of fused-ring (bicyclic) bond motifs is 1. The minimum absolute atomic E-state index is 0.000203. The minimum Gasteiger partial charge on any atom is -0.465 e. The van der Waals surface area contributed by atoms with Crippen molar-refractivity contribution in [3.8, 4) is 0 Å². The number of anilines is 1. The molecule has 1 N–H and O–H groups in total. The molecule has 1 atom stereocenters. The molecule has 1 aromatic heterocycles. The summed E-state index contributed by atoms with van der Waals surface area (Å²) in [6.07, 6.45) is 2.66. The van der Waals surface area contributed by atoms with E-state index in [-0.39, 0.29) is 10.6 Å². The fraction of sp³-hybridized carbons (Fsp3) is 0.400. The highest BCUT2D eigenvalue weighted by atomic mass is 32.2. The Balaban J connectivity index is 1.89. The van der Waals surface area contributed by atoms with Crippen LogP contribution in [0, 0.1) is 5.92 Å². The molecule has 0 aliphatic heterocycles. The highest BCUT2D eigenvalue weighted by molar-refractivity contribution is 7.91. The summed E-state index contributed by atoms with van der Waals surface area (Å²) in [6, 6.07) is 5.81. The average molecular weight is 422 g/mol. The summed E-state index contributed by atoms with van der Waals surface area (Å²) in [5.41, 5.74) is 1.73. The molecule has 1 aliphatic rings. The lowest BCUT2D eigenvalue weighted by molar-refractivity contribution is 0.0601. The van der Waals surface area contributed by atoms with Crippen LogP contribution in [0.25, 0.3) is 0 Å². The van der Waals surface area contributed by atoms with Crippen LogP contribution in [0.1, 0.15) is 51.4 Å². The molecule has 0 saturated heterocycles. The molecule has 1 heterocycles. The monoisotopic (exact) mass is 421 g/mol. The van der Waals surface area contributed by atoms with E-state index >= 15 is 0 Å². The number of ether oxygens (including phenoxy) is 1. The summed E-state index contributed by atoms with van der Waals surface area (Å²) < 4.78 is 28.8. The predicted molar refractivity (Wildman–Crippen MR) is 109 cm³/mol. The van der Waals surface area contributed by atoms with E-state index in [0.717, 1.165) is 29.7 Å². The van der Waals surface area contributed by atoms with Gasteiger partial charge in [0, 0.05) is 10.4 Å². The van der Waals surface area contributed by atoms with Crippen molar-refractivity contribution in [1.82, 2.24) is 0 Å². The topological polar surface area (TPSA) is 89.5 Å². The molecule has 6 nitrogen and oxygen atoms in total. The Morgan fingerprint density at radius 2 is 1.93 bits per heavy atom. The molecular formula is C20H23NO5S2. The average Bonchev–Trinajstić information content (AvgIpc) is 3.04. The van der Waals surface area contributed by atoms with Crippen molar-refractivity contribution in [3.05, 3.63) is 45.8 Å². The zero-order valence-corrected chi connectivity index (χ0v) is 17.7. The maximum Gasteiger partial charge on any atom is 0.341 e. The molecule has 0 spiro atoms. The number of benzene rings is 1. The predicted octanol–water partition coefficient (Wildman–Crippen LogP) is 3.71. The molecule has 3 rings (SSSR count). The molecule has 0 unspecified atom stereocenters. The first-order valence-corrected chi connectivity index (χ1v) is 11.6. The van der Waals surface area contributed by atoms with Crippen LogP contribution in [0.15, 0.2) is 29.2 Å². The van der Waals surface area contributed by atoms with Gasteiger partial charge in [-0.2, -0.15) is 0 Å². The van der Waals surface area contributed by atoms with E-state index in [1.54, 1.807) is 6.92 Å². The second-order valence-corrected chi connectivity index (χ2v) is 10.3. The van der Waals surface area contributed by atoms with Crippen LogP contribution >= 0.6 is 11.3 Å². The number of esters is 1. The SMILES string of the molecule is CCS(=O)(=O)c1ccc(C(=O)Nc2sc3c(c2C(=O)OC)CC[C@@H](C)C3)cc1. The Bertz CT molecular complexity index is 1010. The molecule has 0 bridgehead atoms. The van der Waals surface area contributed by atoms with E-state index in [1.165, 1.54) is 42.7 Å². The molecule has 1 aliphatic carbocycles. The lowest BCUT2D eigenvalue weighted by Crippen LogP contribution is -2.16. The van der Waals surface area contributed by atoms with Crippen molar-refractivity contribution in [1.29, 1.82) is 0 Å². The number of methoxy groups -OCH3 is 1. The standard InChI is InChI=1S/C20H23NO5S2/c1-4-28(24,25)14-8-6-13(7-9-14)18(22)21-19-17(20(23)26-3)15-10-5-12(2)11-16(15)27-19/h6-9,12H,4-5,10-11H2,1-3H3,(H,21,22)/t12-/m1/s1. The molecule has 1 amide bonds. The van der Waals surface area contributed by atoms with E-state index in [2.05, 4.69) is 12.2 Å². The van der Waals surface area contributed by atoms with Crippen LogP contribution in [0.5, 0.6) is 0 Å². The normalized spacial score (nSPS) is 16.3. The number of rotatable bonds is 5. The maximum atomic E-state index is 12.7. The Labute approximate surface area is 168 Å². The third-order valence-corrected chi connectivity index (χ3v) is 7.90. The first-order chi connectivity index (χ1) is 13.3. The van der Waals surface area contributed by atoms with Crippen LogP contribution in [-0.2, 0) is 27.4 Å². The van der Waals surface area contributed by atoms with Crippen LogP contribution in [0.3, 0.4) is 0 Å². The van der Waals surface area contributed by atoms with E-state index in [0.29, 0.717) is 22.0 Å². The fourth-order valence-electron chi connectivity index (χ4n) is 3.31. The van der Waals surface area contributed by atoms with Crippen molar-refractivity contribution in [3.63, 3.8) is 0 Å². The van der Waals surface area contributed by atoms with Crippen molar-refractivity contribution in [2.75, 3.05) is 18.2 Å². The third-order valence-electron chi connectivity index (χ3n) is 4.98. The Hall–Kier alpha value is -2.19. The minimum atomic E-state index is -3.32. The molecule has 0 fully saturated rings. The molecule has 0 radical (unpaired) electrons. The number of hydrogen-bond acceptors (Lipinski definition) is 6. The second kappa shape index (κ2) is 8.05. The van der Waals surface area contributed by atoms with Crippen molar-refractivity contribution in [2.24, 2.45) is 5.92 Å². The van der Waals surface area contributed by atoms with Gasteiger partial charge in [0.15, 0.2) is 9.84 Å². The first kappa shape index (κ1) is 20.5. The molecular weight excluding hydrogens is 398 g/mol. The quantitative estimate of drug-likeness (QED) is 0.744. The smallest absolute Gasteiger partial charge is 0.341 e. The summed E-state index contributed by atoms with van der Waals surface area (Å²) in [6.45, 7) is 3.74. The van der Waals surface area contributed by atoms with Gasteiger partial charge in [-0.1, -0.05) is 13.8 Å². The summed E-state index contributed by atoms with van der Waals surface area (Å²) in [7, 11) is -1.99. The molecule has 0 saturated carbocycles. The number of thiophene rings is 1. The largest absolute Gasteiger partial charge is 0.465 e. The van der Waals surface area contributed by atoms with Gasteiger partial charge in [-0.3, -0.25) is 4.79 Å². The zero-order chi connectivity index (χ0) is 20.5. The van der Waals surface area contributed by atoms with Gasteiger partial charge in [-0.15, -0.1) is 11.3 Å². The number of carbonyl (C=O) groups is 2. The highest BCUT2D eigenvalue weighted by Crippen LogP contribution is 2.40. The number of nitrogens with one attached hydrogen (secondary N) is 1. The Morgan fingerprint density at radius 1 is 1.25 bits per heavy atom. The molecule has 150 valence electrons. The number of amides is 1. The lowest BCUT2D eigenvalue weighted by Gasteiger charge is -2.18. The second-order valence-electron chi connectivity index (χ2n) is 6.93. The zero-order valence-electron chi connectivity index (χ0n) is 16.1. The molecule has 8 heteroatoms. The maximum absolute atomic E-state index is 12.7. The Kier molecular flexibility index (Phi) is 5.90. The van der Waals surface area contributed by atoms with Crippen molar-refractivity contribution < 1.29 is 22.7 Å². The molecule has 1 aromatic carbocycles. The number of sulfone groups is 1. The van der Waals surface area contributed by atoms with E-state index in [4.69, 9.17) is 4.74 Å². The van der Waals surface area contributed by atoms with Gasteiger partial charge < -0.3 is 10.1 Å². The molecule has 28 heavy (non-hydrogen) atoms. The summed E-state index contributed by atoms with van der Waals surface area (Å²) >= 11 is 1.41. The Morgan fingerprint density at radius 3 is 2.54 bits per heavy atom. The van der Waals surface area contributed by atoms with Gasteiger partial charge in [-0.05, 0) is 55.0 Å². The van der Waals surface area contributed by atoms with Crippen LogP contribution < -0.4 is 5.32 Å². The highest BCUT2D eigenvalue weighted by Gasteiger charge is 2.29. The number of hydrogen-bond donors (Lipinski definition) is 1. The first-order valence-electron chi connectivity index (χ1n) is 9.13. The van der Waals surface area contributed by atoms with E-state index < -0.39 is 21.7 Å². The van der Waals surface area contributed by atoms with Crippen molar-refractivity contribution >= 4 is 38.1 Å². The van der Waals surface area contributed by atoms with Gasteiger partial charge in [0.25, 0.3) is 5.91 Å². The van der Waals surface area contributed by atoms with Gasteiger partial charge in [0.1, 0.15) is 5.00 Å². The van der Waals surface area contributed by atoms with Gasteiger partial charge >= 0.3 is 5.97 Å². The van der Waals surface area contributed by atoms with E-state index in [1.807, 2.05) is 0 Å². The number of carbonyl (C=O) groups excluding carboxylic acids is 2. The lowest BCUT2D eigenvalue weighted by atomic mass is 9.88. The third kappa shape index (κ3) is 3.98. The van der Waals surface area contributed by atoms with Gasteiger partial charge in [0.05, 0.1) is 23.3 Å². The van der Waals surface area contributed by atoms with Crippen LogP contribution in [-0.4, -0.2) is 33.2 Å². The summed E-state index contributed by atoms with van der Waals surface area (Å²) in [4.78, 5) is 26.3. The summed E-state index contributed by atoms with van der Waals surface area (Å²) in [5.74, 6) is -0.308. The molecule has 2 aromatic rings.